The van der Waals surface area contributed by atoms with Crippen LogP contribution in [0.5, 0.6) is 0 Å². The van der Waals surface area contributed by atoms with Crippen LogP contribution in [-0.2, 0) is 17.1 Å². The second kappa shape index (κ2) is 16.2. The summed E-state index contributed by atoms with van der Waals surface area (Å²) in [5, 5.41) is 0. The SMILES string of the molecule is [BiH3].[Dy].[Fe].[GaH3]. The van der Waals surface area contributed by atoms with Gasteiger partial charge in [-0.05, 0) is 0 Å². The minimum atomic E-state index is 0. The van der Waals surface area contributed by atoms with Crippen molar-refractivity contribution in [2.45, 2.75) is 0 Å². The predicted octanol–water partition coefficient (Wildman–Crippen LogP) is -2.37. The molecule has 4 heavy (non-hydrogen) atoms. The molecule has 0 aliphatic carbocycles. The van der Waals surface area contributed by atoms with E-state index in [2.05, 4.69) is 0 Å². The Bertz CT molecular complexity index is 8.00. The molecule has 0 aliphatic heterocycles. The first-order chi connectivity index (χ1) is 0. The number of hydrogen-bond acceptors (Lipinski definition) is 0. The van der Waals surface area contributed by atoms with E-state index in [1.165, 1.54) is 0 Å². The van der Waals surface area contributed by atoms with Crippen LogP contribution in [0, 0.1) is 38.2 Å². The third-order valence-corrected chi connectivity index (χ3v) is 0. The van der Waals surface area contributed by atoms with Crippen molar-refractivity contribution in [2.75, 3.05) is 0 Å². The normalized spacial score (nSPS) is 0. The second-order valence-electron chi connectivity index (χ2n) is 0. The Balaban J connectivity index is 0. The first-order valence-corrected chi connectivity index (χ1v) is 0. The molecule has 0 N–H and O–H groups in total. The van der Waals surface area contributed by atoms with Crippen LogP contribution in [0.1, 0.15) is 0 Å². The summed E-state index contributed by atoms with van der Waals surface area (Å²) in [6, 6.07) is 0. The summed E-state index contributed by atoms with van der Waals surface area (Å²) in [5.41, 5.74) is 0. The van der Waals surface area contributed by atoms with Gasteiger partial charge in [-0.3, -0.25) is 0 Å². The molecule has 0 aromatic carbocycles. The molecule has 32 valence electrons. The monoisotopic (exact) mass is 504 g/mol. The van der Waals surface area contributed by atoms with E-state index in [1.807, 2.05) is 0 Å². The van der Waals surface area contributed by atoms with Gasteiger partial charge in [-0.2, -0.15) is 0 Å². The molecule has 0 radical (unpaired) electrons. The molecular weight excluding hydrogens is 497 g/mol. The zero-order valence-electron chi connectivity index (χ0n) is 1.38. The van der Waals surface area contributed by atoms with Crippen LogP contribution in [0.2, 0.25) is 0 Å². The molecule has 0 spiro atoms. The first-order valence-electron chi connectivity index (χ1n) is 0. The van der Waals surface area contributed by atoms with Crippen molar-refractivity contribution in [1.29, 1.82) is 0 Å². The zero-order valence-corrected chi connectivity index (χ0v) is 10.0. The molecule has 0 saturated carbocycles. The molecule has 0 saturated heterocycles. The summed E-state index contributed by atoms with van der Waals surface area (Å²) in [6.07, 6.45) is 0. The number of hydrogen-bond donors (Lipinski definition) is 0. The van der Waals surface area contributed by atoms with E-state index in [4.69, 9.17) is 0 Å². The van der Waals surface area contributed by atoms with Crippen molar-refractivity contribution in [3.05, 3.63) is 0 Å². The maximum atomic E-state index is 0. The van der Waals surface area contributed by atoms with Gasteiger partial charge in [0.05, 0.1) is 0 Å². The molecule has 0 aromatic heterocycles. The van der Waals surface area contributed by atoms with Gasteiger partial charge in [0.2, 0.25) is 0 Å². The summed E-state index contributed by atoms with van der Waals surface area (Å²) in [7, 11) is 0. The fourth-order valence-corrected chi connectivity index (χ4v) is 0. The first kappa shape index (κ1) is 26.6. The van der Waals surface area contributed by atoms with Crippen molar-refractivity contribution < 1.29 is 55.2 Å². The van der Waals surface area contributed by atoms with Crippen LogP contribution in [0.25, 0.3) is 0 Å². The van der Waals surface area contributed by atoms with E-state index >= 15 is 0 Å². The van der Waals surface area contributed by atoms with E-state index in [-0.39, 0.29) is 101 Å². The molecule has 0 heterocycles. The fraction of sp³-hybridized carbons (Fsp3) is 0. The third-order valence-electron chi connectivity index (χ3n) is 0. The van der Waals surface area contributed by atoms with Gasteiger partial charge >= 0.3 is 46.0 Å². The van der Waals surface area contributed by atoms with Gasteiger partial charge in [0, 0.05) is 55.2 Å². The molecule has 0 fully saturated rings. The Labute approximate surface area is 98.9 Å². The molecule has 4 heteroatoms. The van der Waals surface area contributed by atoms with Crippen molar-refractivity contribution in [3.63, 3.8) is 0 Å². The van der Waals surface area contributed by atoms with Gasteiger partial charge in [-0.15, -0.1) is 0 Å². The van der Waals surface area contributed by atoms with Gasteiger partial charge in [0.1, 0.15) is 0 Å². The van der Waals surface area contributed by atoms with E-state index in [1.54, 1.807) is 0 Å². The van der Waals surface area contributed by atoms with Gasteiger partial charge in [0.15, 0.2) is 0 Å². The van der Waals surface area contributed by atoms with Gasteiger partial charge in [0.25, 0.3) is 0 Å². The minimum absolute atomic E-state index is 0. The second-order valence-corrected chi connectivity index (χ2v) is 0. The van der Waals surface area contributed by atoms with E-state index < -0.39 is 0 Å². The molecule has 0 rings (SSSR count). The summed E-state index contributed by atoms with van der Waals surface area (Å²) in [4.78, 5) is 0. The molecular formula is H6BiDyFeGa. The molecule has 0 nitrogen and oxygen atoms in total. The van der Waals surface area contributed by atoms with E-state index in [0.717, 1.165) is 0 Å². The average molecular weight is 503 g/mol. The van der Waals surface area contributed by atoms with E-state index in [9.17, 15) is 0 Å². The number of rotatable bonds is 0. The van der Waals surface area contributed by atoms with E-state index in [0.29, 0.717) is 0 Å². The summed E-state index contributed by atoms with van der Waals surface area (Å²) in [6.45, 7) is 0. The molecule has 0 unspecified atom stereocenters. The zero-order chi connectivity index (χ0) is 0. The van der Waals surface area contributed by atoms with Crippen LogP contribution >= 0.6 is 0 Å². The van der Waals surface area contributed by atoms with Crippen LogP contribution in [0.3, 0.4) is 0 Å². The average Bonchev–Trinajstić information content (AvgIpc) is 0. The molecule has 0 amide bonds. The van der Waals surface area contributed by atoms with Crippen molar-refractivity contribution in [2.24, 2.45) is 0 Å². The maximum absolute atomic E-state index is 0. The summed E-state index contributed by atoms with van der Waals surface area (Å²) >= 11 is 0. The molecule has 0 bridgehead atoms. The fourth-order valence-electron chi connectivity index (χ4n) is 0. The molecule has 0 atom stereocenters. The summed E-state index contributed by atoms with van der Waals surface area (Å²) in [5.74, 6) is 0. The Morgan fingerprint density at radius 1 is 1.00 bits per heavy atom. The standard InChI is InChI=1S/Bi.Dy.Fe.Ga.6H. The van der Waals surface area contributed by atoms with Gasteiger partial charge in [-0.25, -0.2) is 0 Å². The van der Waals surface area contributed by atoms with Crippen molar-refractivity contribution in [1.82, 2.24) is 0 Å². The Kier molecular flexibility index (Phi) is 108. The van der Waals surface area contributed by atoms with Crippen LogP contribution < -0.4 is 0 Å². The quantitative estimate of drug-likeness (QED) is 0.325. The third kappa shape index (κ3) is 9.00. The van der Waals surface area contributed by atoms with Crippen LogP contribution in [-0.4, -0.2) is 46.0 Å². The summed E-state index contributed by atoms with van der Waals surface area (Å²) < 4.78 is 0. The van der Waals surface area contributed by atoms with Gasteiger partial charge in [-0.1, -0.05) is 0 Å². The Morgan fingerprint density at radius 3 is 1.00 bits per heavy atom. The Hall–Kier alpha value is 3.31. The molecule has 0 aromatic rings. The van der Waals surface area contributed by atoms with Gasteiger partial charge < -0.3 is 0 Å². The topological polar surface area (TPSA) is 0 Å². The predicted molar refractivity (Wildman–Crippen MR) is 19.9 cm³/mol. The van der Waals surface area contributed by atoms with Crippen molar-refractivity contribution in [3.8, 4) is 0 Å². The Morgan fingerprint density at radius 2 is 1.00 bits per heavy atom. The van der Waals surface area contributed by atoms with Crippen molar-refractivity contribution >= 4 is 46.0 Å². The molecule has 0 aliphatic rings. The van der Waals surface area contributed by atoms with Crippen LogP contribution in [0.4, 0.5) is 0 Å². The van der Waals surface area contributed by atoms with Crippen LogP contribution in [0.15, 0.2) is 0 Å².